The Bertz CT molecular complexity index is 400. The standard InChI is InChI=1S/C8H7N5/c9-8-7(13-12-5-11-8)6-3-1-2-4-10-6/h1-5H,(H2,9,11,12). The van der Waals surface area contributed by atoms with Crippen molar-refractivity contribution < 1.29 is 0 Å². The first kappa shape index (κ1) is 7.60. The summed E-state index contributed by atoms with van der Waals surface area (Å²) in [5.74, 6) is 0.341. The lowest BCUT2D eigenvalue weighted by atomic mass is 10.3. The number of rotatable bonds is 1. The van der Waals surface area contributed by atoms with Gasteiger partial charge >= 0.3 is 0 Å². The second-order valence-electron chi connectivity index (χ2n) is 2.41. The van der Waals surface area contributed by atoms with Crippen LogP contribution in [0.5, 0.6) is 0 Å². The molecule has 0 unspecified atom stereocenters. The molecule has 13 heavy (non-hydrogen) atoms. The minimum Gasteiger partial charge on any atom is -0.382 e. The third kappa shape index (κ3) is 1.44. The van der Waals surface area contributed by atoms with Crippen molar-refractivity contribution in [3.05, 3.63) is 30.7 Å². The van der Waals surface area contributed by atoms with E-state index < -0.39 is 0 Å². The number of hydrogen-bond acceptors (Lipinski definition) is 5. The quantitative estimate of drug-likeness (QED) is 0.680. The van der Waals surface area contributed by atoms with Gasteiger partial charge in [0.2, 0.25) is 0 Å². The Kier molecular flexibility index (Phi) is 1.84. The van der Waals surface area contributed by atoms with E-state index in [9.17, 15) is 0 Å². The largest absolute Gasteiger partial charge is 0.382 e. The molecule has 0 saturated heterocycles. The molecule has 0 aliphatic rings. The minimum absolute atomic E-state index is 0.341. The van der Waals surface area contributed by atoms with Gasteiger partial charge in [0, 0.05) is 6.20 Å². The molecule has 0 radical (unpaired) electrons. The van der Waals surface area contributed by atoms with E-state index in [4.69, 9.17) is 5.73 Å². The van der Waals surface area contributed by atoms with Crippen LogP contribution in [0.4, 0.5) is 5.82 Å². The van der Waals surface area contributed by atoms with E-state index in [0.717, 1.165) is 0 Å². The molecule has 2 aromatic heterocycles. The van der Waals surface area contributed by atoms with Gasteiger partial charge in [-0.05, 0) is 12.1 Å². The lowest BCUT2D eigenvalue weighted by Crippen LogP contribution is -1.99. The van der Waals surface area contributed by atoms with Gasteiger partial charge in [-0.1, -0.05) is 6.07 Å². The Labute approximate surface area is 74.7 Å². The Hall–Kier alpha value is -2.04. The summed E-state index contributed by atoms with van der Waals surface area (Å²) in [5.41, 5.74) is 6.80. The zero-order chi connectivity index (χ0) is 9.10. The Morgan fingerprint density at radius 2 is 2.08 bits per heavy atom. The highest BCUT2D eigenvalue weighted by Crippen LogP contribution is 2.16. The zero-order valence-corrected chi connectivity index (χ0v) is 6.75. The zero-order valence-electron chi connectivity index (χ0n) is 6.75. The van der Waals surface area contributed by atoms with E-state index in [2.05, 4.69) is 20.2 Å². The van der Waals surface area contributed by atoms with Gasteiger partial charge in [0.1, 0.15) is 6.33 Å². The van der Waals surface area contributed by atoms with Gasteiger partial charge in [0.05, 0.1) is 5.69 Å². The van der Waals surface area contributed by atoms with Gasteiger partial charge in [-0.3, -0.25) is 4.98 Å². The topological polar surface area (TPSA) is 77.6 Å². The molecular weight excluding hydrogens is 166 g/mol. The van der Waals surface area contributed by atoms with Crippen LogP contribution in [0.3, 0.4) is 0 Å². The molecular formula is C8H7N5. The number of nitrogens with two attached hydrogens (primary N) is 1. The molecule has 2 aromatic rings. The molecule has 5 heteroatoms. The average Bonchev–Trinajstić information content (AvgIpc) is 2.20. The molecule has 0 spiro atoms. The Morgan fingerprint density at radius 1 is 1.15 bits per heavy atom. The summed E-state index contributed by atoms with van der Waals surface area (Å²) in [7, 11) is 0. The van der Waals surface area contributed by atoms with Crippen molar-refractivity contribution in [3.63, 3.8) is 0 Å². The van der Waals surface area contributed by atoms with Crippen LogP contribution in [0.15, 0.2) is 30.7 Å². The lowest BCUT2D eigenvalue weighted by Gasteiger charge is -1.99. The SMILES string of the molecule is Nc1ncnnc1-c1ccccn1. The Balaban J connectivity index is 2.54. The van der Waals surface area contributed by atoms with Gasteiger partial charge < -0.3 is 5.73 Å². The summed E-state index contributed by atoms with van der Waals surface area (Å²) in [5, 5.41) is 7.49. The van der Waals surface area contributed by atoms with Crippen LogP contribution >= 0.6 is 0 Å². The van der Waals surface area contributed by atoms with Crippen LogP contribution in [0, 0.1) is 0 Å². The second-order valence-corrected chi connectivity index (χ2v) is 2.41. The van der Waals surface area contributed by atoms with E-state index >= 15 is 0 Å². The van der Waals surface area contributed by atoms with Gasteiger partial charge in [0.15, 0.2) is 11.5 Å². The normalized spacial score (nSPS) is 9.85. The van der Waals surface area contributed by atoms with Crippen molar-refractivity contribution in [3.8, 4) is 11.4 Å². The number of aromatic nitrogens is 4. The average molecular weight is 173 g/mol. The van der Waals surface area contributed by atoms with Crippen LogP contribution in [0.2, 0.25) is 0 Å². The first-order valence-corrected chi connectivity index (χ1v) is 3.72. The summed E-state index contributed by atoms with van der Waals surface area (Å²) >= 11 is 0. The molecule has 0 fully saturated rings. The number of pyridine rings is 1. The van der Waals surface area contributed by atoms with E-state index in [1.54, 1.807) is 6.20 Å². The summed E-state index contributed by atoms with van der Waals surface area (Å²) in [4.78, 5) is 7.91. The third-order valence-corrected chi connectivity index (χ3v) is 1.56. The van der Waals surface area contributed by atoms with Gasteiger partial charge in [-0.15, -0.1) is 10.2 Å². The van der Waals surface area contributed by atoms with Gasteiger partial charge in [-0.2, -0.15) is 0 Å². The van der Waals surface area contributed by atoms with Crippen molar-refractivity contribution in [2.75, 3.05) is 5.73 Å². The smallest absolute Gasteiger partial charge is 0.155 e. The van der Waals surface area contributed by atoms with Crippen LogP contribution in [-0.2, 0) is 0 Å². The molecule has 2 rings (SSSR count). The van der Waals surface area contributed by atoms with Crippen molar-refractivity contribution in [2.24, 2.45) is 0 Å². The van der Waals surface area contributed by atoms with Crippen LogP contribution < -0.4 is 5.73 Å². The first-order valence-electron chi connectivity index (χ1n) is 3.72. The Morgan fingerprint density at radius 3 is 2.77 bits per heavy atom. The molecule has 0 saturated carbocycles. The van der Waals surface area contributed by atoms with E-state index in [1.165, 1.54) is 6.33 Å². The molecule has 0 aliphatic carbocycles. The van der Waals surface area contributed by atoms with E-state index in [0.29, 0.717) is 17.2 Å². The number of nitrogens with zero attached hydrogens (tertiary/aromatic N) is 4. The molecule has 0 aromatic carbocycles. The monoisotopic (exact) mass is 173 g/mol. The van der Waals surface area contributed by atoms with Crippen LogP contribution in [0.25, 0.3) is 11.4 Å². The van der Waals surface area contributed by atoms with Crippen LogP contribution in [0.1, 0.15) is 0 Å². The summed E-state index contributed by atoms with van der Waals surface area (Å²) in [6, 6.07) is 5.49. The van der Waals surface area contributed by atoms with Crippen molar-refractivity contribution in [2.45, 2.75) is 0 Å². The first-order chi connectivity index (χ1) is 6.38. The van der Waals surface area contributed by atoms with Crippen molar-refractivity contribution in [1.29, 1.82) is 0 Å². The molecule has 5 nitrogen and oxygen atoms in total. The highest BCUT2D eigenvalue weighted by molar-refractivity contribution is 5.64. The summed E-state index contributed by atoms with van der Waals surface area (Å²) < 4.78 is 0. The lowest BCUT2D eigenvalue weighted by molar-refractivity contribution is 0.977. The molecule has 2 heterocycles. The fourth-order valence-electron chi connectivity index (χ4n) is 0.969. The third-order valence-electron chi connectivity index (χ3n) is 1.56. The maximum absolute atomic E-state index is 5.60. The van der Waals surface area contributed by atoms with Gasteiger partial charge in [0.25, 0.3) is 0 Å². The highest BCUT2D eigenvalue weighted by atomic mass is 15.2. The molecule has 0 bridgehead atoms. The van der Waals surface area contributed by atoms with Crippen molar-refractivity contribution >= 4 is 5.82 Å². The fourth-order valence-corrected chi connectivity index (χ4v) is 0.969. The molecule has 0 aliphatic heterocycles. The maximum atomic E-state index is 5.60. The number of hydrogen-bond donors (Lipinski definition) is 1. The molecule has 0 atom stereocenters. The number of nitrogen functional groups attached to an aromatic ring is 1. The van der Waals surface area contributed by atoms with Crippen LogP contribution in [-0.4, -0.2) is 20.2 Å². The summed E-state index contributed by atoms with van der Waals surface area (Å²) in [6.45, 7) is 0. The molecule has 64 valence electrons. The summed E-state index contributed by atoms with van der Waals surface area (Å²) in [6.07, 6.45) is 2.98. The van der Waals surface area contributed by atoms with E-state index in [1.807, 2.05) is 18.2 Å². The predicted octanol–water partition coefficient (Wildman–Crippen LogP) is 0.516. The maximum Gasteiger partial charge on any atom is 0.155 e. The predicted molar refractivity (Wildman–Crippen MR) is 47.5 cm³/mol. The minimum atomic E-state index is 0.341. The second kappa shape index (κ2) is 3.14. The highest BCUT2D eigenvalue weighted by Gasteiger charge is 2.04. The molecule has 0 amide bonds. The van der Waals surface area contributed by atoms with E-state index in [-0.39, 0.29) is 0 Å². The van der Waals surface area contributed by atoms with Crippen molar-refractivity contribution in [1.82, 2.24) is 20.2 Å². The molecule has 2 N–H and O–H groups in total. The number of anilines is 1. The van der Waals surface area contributed by atoms with Gasteiger partial charge in [-0.25, -0.2) is 4.98 Å². The fraction of sp³-hybridized carbons (Fsp3) is 0.